The van der Waals surface area contributed by atoms with Crippen molar-refractivity contribution in [3.05, 3.63) is 0 Å². The van der Waals surface area contributed by atoms with E-state index in [1.165, 1.54) is 50.6 Å². The van der Waals surface area contributed by atoms with E-state index in [-0.39, 0.29) is 22.7 Å². The van der Waals surface area contributed by atoms with Gasteiger partial charge in [-0.25, -0.2) is 0 Å². The van der Waals surface area contributed by atoms with Gasteiger partial charge in [-0.2, -0.15) is 0 Å². The fourth-order valence-electron chi connectivity index (χ4n) is 6.87. The predicted octanol–water partition coefficient (Wildman–Crippen LogP) is 9.68. The summed E-state index contributed by atoms with van der Waals surface area (Å²) in [7, 11) is -3.96. The average molecular weight is 659 g/mol. The molecule has 8 unspecified atom stereocenters. The SMILES string of the molecule is CC(C)(C)[Si](C)(CCC1CC1CC#CCOC1CCCCO1)O[Si](C)(CCC1CC1CC#CCOC1CCCCO1)C(C)(C)C. The highest BCUT2D eigenvalue weighted by molar-refractivity contribution is 6.88. The minimum Gasteiger partial charge on any atom is -0.454 e. The Kier molecular flexibility index (Phi) is 13.8. The fraction of sp³-hybridized carbons (Fsp3) is 0.895. The van der Waals surface area contributed by atoms with Crippen LogP contribution in [0.4, 0.5) is 0 Å². The van der Waals surface area contributed by atoms with Crippen molar-refractivity contribution in [2.45, 2.75) is 166 Å². The first-order chi connectivity index (χ1) is 21.3. The van der Waals surface area contributed by atoms with Crippen LogP contribution in [0.25, 0.3) is 0 Å². The molecule has 0 amide bonds. The second kappa shape index (κ2) is 16.6. The maximum atomic E-state index is 7.69. The van der Waals surface area contributed by atoms with E-state index in [4.69, 9.17) is 23.1 Å². The van der Waals surface area contributed by atoms with Crippen LogP contribution in [0.3, 0.4) is 0 Å². The Morgan fingerprint density at radius 3 is 1.38 bits per heavy atom. The summed E-state index contributed by atoms with van der Waals surface area (Å²) in [6, 6.07) is 2.53. The van der Waals surface area contributed by atoms with Crippen LogP contribution >= 0.6 is 0 Å². The molecule has 0 bridgehead atoms. The molecule has 2 heterocycles. The molecular formula is C38H66O5Si2. The van der Waals surface area contributed by atoms with Gasteiger partial charge in [0.05, 0.1) is 0 Å². The van der Waals surface area contributed by atoms with Gasteiger partial charge in [-0.3, -0.25) is 0 Å². The average Bonchev–Trinajstić information content (AvgIpc) is 3.91. The first-order valence-corrected chi connectivity index (χ1v) is 23.6. The summed E-state index contributed by atoms with van der Waals surface area (Å²) in [6.07, 6.45) is 13.9. The highest BCUT2D eigenvalue weighted by Gasteiger charge is 2.53. The molecule has 4 fully saturated rings. The molecule has 256 valence electrons. The largest absolute Gasteiger partial charge is 0.454 e. The van der Waals surface area contributed by atoms with Crippen molar-refractivity contribution in [3.8, 4) is 23.7 Å². The van der Waals surface area contributed by atoms with Gasteiger partial charge in [-0.05, 0) is 110 Å². The van der Waals surface area contributed by atoms with E-state index < -0.39 is 16.6 Å². The molecule has 0 spiro atoms. The minimum atomic E-state index is -1.98. The molecule has 2 saturated carbocycles. The van der Waals surface area contributed by atoms with Crippen molar-refractivity contribution in [2.75, 3.05) is 26.4 Å². The van der Waals surface area contributed by atoms with Gasteiger partial charge in [-0.1, -0.05) is 66.2 Å². The van der Waals surface area contributed by atoms with Gasteiger partial charge in [0.25, 0.3) is 0 Å². The fourth-order valence-corrected chi connectivity index (χ4v) is 17.5. The van der Waals surface area contributed by atoms with Crippen molar-refractivity contribution in [2.24, 2.45) is 23.7 Å². The zero-order chi connectivity index (χ0) is 32.6. The Balaban J connectivity index is 1.20. The smallest absolute Gasteiger partial charge is 0.182 e. The molecule has 45 heavy (non-hydrogen) atoms. The van der Waals surface area contributed by atoms with Gasteiger partial charge < -0.3 is 23.1 Å². The summed E-state index contributed by atoms with van der Waals surface area (Å²) in [6.45, 7) is 22.4. The first kappa shape index (κ1) is 37.2. The maximum Gasteiger partial charge on any atom is 0.182 e. The lowest BCUT2D eigenvalue weighted by molar-refractivity contribution is -0.154. The van der Waals surface area contributed by atoms with Crippen molar-refractivity contribution in [3.63, 3.8) is 0 Å². The van der Waals surface area contributed by atoms with Crippen molar-refractivity contribution >= 4 is 16.6 Å². The first-order valence-electron chi connectivity index (χ1n) is 18.4. The van der Waals surface area contributed by atoms with Crippen molar-refractivity contribution in [1.29, 1.82) is 0 Å². The number of hydrogen-bond donors (Lipinski definition) is 0. The van der Waals surface area contributed by atoms with E-state index in [0.717, 1.165) is 75.4 Å². The van der Waals surface area contributed by atoms with Gasteiger partial charge in [0.2, 0.25) is 0 Å². The molecule has 4 aliphatic rings. The van der Waals surface area contributed by atoms with Crippen LogP contribution in [-0.4, -0.2) is 55.6 Å². The maximum absolute atomic E-state index is 7.69. The molecule has 2 aliphatic heterocycles. The molecule has 5 nitrogen and oxygen atoms in total. The molecule has 0 aromatic rings. The summed E-state index contributed by atoms with van der Waals surface area (Å²) < 4.78 is 30.6. The van der Waals surface area contributed by atoms with Gasteiger partial charge in [-0.15, -0.1) is 11.8 Å². The molecule has 0 radical (unpaired) electrons. The second-order valence-corrected chi connectivity index (χ2v) is 26.7. The molecule has 0 N–H and O–H groups in total. The summed E-state index contributed by atoms with van der Waals surface area (Å²) in [5, 5.41) is 0.440. The van der Waals surface area contributed by atoms with Gasteiger partial charge in [0.15, 0.2) is 29.2 Å². The number of ether oxygens (including phenoxy) is 4. The Morgan fingerprint density at radius 1 is 0.600 bits per heavy atom. The van der Waals surface area contributed by atoms with Crippen LogP contribution in [0, 0.1) is 47.4 Å². The van der Waals surface area contributed by atoms with Crippen LogP contribution in [0.1, 0.15) is 119 Å². The predicted molar refractivity (Wildman–Crippen MR) is 190 cm³/mol. The summed E-state index contributed by atoms with van der Waals surface area (Å²) in [5.41, 5.74) is 0. The number of rotatable bonds is 14. The lowest BCUT2D eigenvalue weighted by Gasteiger charge is -2.50. The highest BCUT2D eigenvalue weighted by Crippen LogP contribution is 2.53. The minimum absolute atomic E-state index is 0.0404. The van der Waals surface area contributed by atoms with E-state index in [0.29, 0.717) is 13.2 Å². The topological polar surface area (TPSA) is 46.2 Å². The Morgan fingerprint density at radius 2 is 1.02 bits per heavy atom. The van der Waals surface area contributed by atoms with E-state index in [1.807, 2.05) is 0 Å². The van der Waals surface area contributed by atoms with Gasteiger partial charge in [0.1, 0.15) is 13.2 Å². The zero-order valence-electron chi connectivity index (χ0n) is 30.2. The highest BCUT2D eigenvalue weighted by atomic mass is 28.4. The normalized spacial score (nSPS) is 31.0. The van der Waals surface area contributed by atoms with Crippen LogP contribution in [0.15, 0.2) is 0 Å². The molecule has 0 aromatic heterocycles. The lowest BCUT2D eigenvalue weighted by Crippen LogP contribution is -2.57. The van der Waals surface area contributed by atoms with E-state index in [2.05, 4.69) is 78.3 Å². The van der Waals surface area contributed by atoms with E-state index in [1.54, 1.807) is 0 Å². The molecule has 2 aliphatic carbocycles. The standard InChI is InChI=1S/C38H66O5Si2/c1-37(2,3)44(7,27-21-33-29-31(33)17-9-13-23-39-35-19-11-15-25-41-35)43-45(8,38(4,5)6)28-22-34-30-32(34)18-10-14-24-40-36-20-12-16-26-42-36/h31-36H,11-12,15-30H2,1-8H3. The Bertz CT molecular complexity index is 951. The third-order valence-electron chi connectivity index (χ3n) is 11.7. The summed E-state index contributed by atoms with van der Waals surface area (Å²) in [4.78, 5) is 0. The van der Waals surface area contributed by atoms with Crippen LogP contribution < -0.4 is 0 Å². The van der Waals surface area contributed by atoms with Crippen LogP contribution in [-0.2, 0) is 23.1 Å². The monoisotopic (exact) mass is 658 g/mol. The van der Waals surface area contributed by atoms with Crippen LogP contribution in [0.2, 0.25) is 35.3 Å². The van der Waals surface area contributed by atoms with E-state index in [9.17, 15) is 0 Å². The molecule has 0 aromatic carbocycles. The molecule has 8 atom stereocenters. The van der Waals surface area contributed by atoms with Gasteiger partial charge >= 0.3 is 0 Å². The Labute approximate surface area is 279 Å². The third kappa shape index (κ3) is 11.8. The van der Waals surface area contributed by atoms with Crippen molar-refractivity contribution in [1.82, 2.24) is 0 Å². The Hall–Kier alpha value is -0.646. The molecular weight excluding hydrogens is 593 g/mol. The molecule has 7 heteroatoms. The molecule has 4 rings (SSSR count). The quantitative estimate of drug-likeness (QED) is 0.137. The van der Waals surface area contributed by atoms with Crippen molar-refractivity contribution < 1.29 is 23.1 Å². The second-order valence-electron chi connectivity index (χ2n) is 17.0. The van der Waals surface area contributed by atoms with Gasteiger partial charge in [0, 0.05) is 26.1 Å². The number of hydrogen-bond acceptors (Lipinski definition) is 5. The summed E-state index contributed by atoms with van der Waals surface area (Å²) in [5.74, 6) is 16.5. The zero-order valence-corrected chi connectivity index (χ0v) is 32.2. The lowest BCUT2D eigenvalue weighted by atomic mass is 10.2. The van der Waals surface area contributed by atoms with E-state index >= 15 is 0 Å². The third-order valence-corrected chi connectivity index (χ3v) is 24.1. The summed E-state index contributed by atoms with van der Waals surface area (Å²) >= 11 is 0. The molecule has 2 saturated heterocycles. The van der Waals surface area contributed by atoms with Crippen LogP contribution in [0.5, 0.6) is 0 Å².